The highest BCUT2D eigenvalue weighted by atomic mass is 19.3. The SMILES string of the molecule is CC(C)CNC(CN)c1ccccc1OC(F)F. The molecule has 1 unspecified atom stereocenters. The first-order valence-corrected chi connectivity index (χ1v) is 6.01. The lowest BCUT2D eigenvalue weighted by Gasteiger charge is -2.21. The van der Waals surface area contributed by atoms with Crippen LogP contribution in [-0.2, 0) is 0 Å². The summed E-state index contributed by atoms with van der Waals surface area (Å²) in [6, 6.07) is 6.55. The fourth-order valence-electron chi connectivity index (χ4n) is 1.67. The minimum Gasteiger partial charge on any atom is -0.434 e. The second-order valence-corrected chi connectivity index (χ2v) is 4.51. The van der Waals surface area contributed by atoms with Crippen LogP contribution in [0, 0.1) is 5.92 Å². The molecule has 0 radical (unpaired) electrons. The molecule has 0 aromatic heterocycles. The normalized spacial score (nSPS) is 13.1. The number of nitrogens with two attached hydrogens (primary N) is 1. The third kappa shape index (κ3) is 4.58. The lowest BCUT2D eigenvalue weighted by molar-refractivity contribution is -0.0507. The molecule has 1 atom stereocenters. The van der Waals surface area contributed by atoms with Crippen LogP contribution in [0.3, 0.4) is 0 Å². The van der Waals surface area contributed by atoms with Gasteiger partial charge in [-0.05, 0) is 18.5 Å². The Labute approximate surface area is 106 Å². The Morgan fingerprint density at radius 2 is 1.94 bits per heavy atom. The zero-order valence-corrected chi connectivity index (χ0v) is 10.7. The maximum Gasteiger partial charge on any atom is 0.387 e. The van der Waals surface area contributed by atoms with Gasteiger partial charge in [-0.2, -0.15) is 8.78 Å². The monoisotopic (exact) mass is 258 g/mol. The minimum absolute atomic E-state index is 0.178. The lowest BCUT2D eigenvalue weighted by Crippen LogP contribution is -2.31. The highest BCUT2D eigenvalue weighted by molar-refractivity contribution is 5.36. The number of halogens is 2. The van der Waals surface area contributed by atoms with Gasteiger partial charge in [-0.15, -0.1) is 0 Å². The Morgan fingerprint density at radius 3 is 2.50 bits per heavy atom. The molecule has 0 saturated heterocycles. The largest absolute Gasteiger partial charge is 0.434 e. The quantitative estimate of drug-likeness (QED) is 0.790. The maximum atomic E-state index is 12.3. The summed E-state index contributed by atoms with van der Waals surface area (Å²) in [6.07, 6.45) is 0. The van der Waals surface area contributed by atoms with E-state index in [1.54, 1.807) is 18.2 Å². The van der Waals surface area contributed by atoms with Crippen LogP contribution < -0.4 is 15.8 Å². The Hall–Kier alpha value is -1.20. The topological polar surface area (TPSA) is 47.3 Å². The van der Waals surface area contributed by atoms with Crippen molar-refractivity contribution in [1.29, 1.82) is 0 Å². The van der Waals surface area contributed by atoms with Crippen LogP contribution in [0.1, 0.15) is 25.5 Å². The zero-order chi connectivity index (χ0) is 13.5. The molecule has 102 valence electrons. The van der Waals surface area contributed by atoms with Crippen molar-refractivity contribution in [3.05, 3.63) is 29.8 Å². The van der Waals surface area contributed by atoms with Crippen LogP contribution >= 0.6 is 0 Å². The molecule has 3 nitrogen and oxygen atoms in total. The Morgan fingerprint density at radius 1 is 1.28 bits per heavy atom. The van der Waals surface area contributed by atoms with Crippen molar-refractivity contribution < 1.29 is 13.5 Å². The number of hydrogen-bond acceptors (Lipinski definition) is 3. The van der Waals surface area contributed by atoms with E-state index in [0.29, 0.717) is 18.0 Å². The smallest absolute Gasteiger partial charge is 0.387 e. The van der Waals surface area contributed by atoms with Gasteiger partial charge in [0, 0.05) is 18.2 Å². The Bertz CT molecular complexity index is 359. The standard InChI is InChI=1S/C13H20F2N2O/c1-9(2)8-17-11(7-16)10-5-3-4-6-12(10)18-13(14)15/h3-6,9,11,13,17H,7-8,16H2,1-2H3. The predicted octanol–water partition coefficient (Wildman–Crippen LogP) is 2.53. The third-order valence-corrected chi connectivity index (χ3v) is 2.52. The third-order valence-electron chi connectivity index (χ3n) is 2.52. The first-order chi connectivity index (χ1) is 8.54. The zero-order valence-electron chi connectivity index (χ0n) is 10.7. The van der Waals surface area contributed by atoms with Crippen molar-refractivity contribution in [2.75, 3.05) is 13.1 Å². The number of alkyl halides is 2. The van der Waals surface area contributed by atoms with Crippen molar-refractivity contribution in [3.63, 3.8) is 0 Å². The van der Waals surface area contributed by atoms with Gasteiger partial charge in [0.1, 0.15) is 5.75 Å². The minimum atomic E-state index is -2.82. The number of ether oxygens (including phenoxy) is 1. The van der Waals surface area contributed by atoms with Gasteiger partial charge < -0.3 is 15.8 Å². The average Bonchev–Trinajstić information content (AvgIpc) is 2.30. The summed E-state index contributed by atoms with van der Waals surface area (Å²) >= 11 is 0. The van der Waals surface area contributed by atoms with Crippen LogP contribution in [-0.4, -0.2) is 19.7 Å². The van der Waals surface area contributed by atoms with Gasteiger partial charge in [0.05, 0.1) is 0 Å². The molecular weight excluding hydrogens is 238 g/mol. The summed E-state index contributed by atoms with van der Waals surface area (Å²) in [7, 11) is 0. The molecule has 0 aliphatic carbocycles. The van der Waals surface area contributed by atoms with Crippen molar-refractivity contribution >= 4 is 0 Å². The molecule has 0 aliphatic rings. The molecule has 1 rings (SSSR count). The molecule has 0 aliphatic heterocycles. The Kier molecular flexibility index (Phi) is 6.01. The van der Waals surface area contributed by atoms with Crippen LogP contribution in [0.5, 0.6) is 5.75 Å². The van der Waals surface area contributed by atoms with Gasteiger partial charge in [0.15, 0.2) is 0 Å². The summed E-state index contributed by atoms with van der Waals surface area (Å²) in [6.45, 7) is 2.42. The fraction of sp³-hybridized carbons (Fsp3) is 0.538. The van der Waals surface area contributed by atoms with Crippen molar-refractivity contribution in [2.45, 2.75) is 26.5 Å². The molecule has 1 aromatic rings. The highest BCUT2D eigenvalue weighted by Crippen LogP contribution is 2.26. The van der Waals surface area contributed by atoms with Crippen LogP contribution in [0.4, 0.5) is 8.78 Å². The Balaban J connectivity index is 2.83. The van der Waals surface area contributed by atoms with Crippen molar-refractivity contribution in [1.82, 2.24) is 5.32 Å². The second kappa shape index (κ2) is 7.28. The van der Waals surface area contributed by atoms with E-state index in [0.717, 1.165) is 6.54 Å². The van der Waals surface area contributed by atoms with E-state index in [-0.39, 0.29) is 11.8 Å². The molecule has 5 heteroatoms. The second-order valence-electron chi connectivity index (χ2n) is 4.51. The first kappa shape index (κ1) is 14.9. The van der Waals surface area contributed by atoms with Gasteiger partial charge in [0.25, 0.3) is 0 Å². The van der Waals surface area contributed by atoms with E-state index in [4.69, 9.17) is 5.73 Å². The van der Waals surface area contributed by atoms with Gasteiger partial charge in [-0.25, -0.2) is 0 Å². The fourth-order valence-corrected chi connectivity index (χ4v) is 1.67. The van der Waals surface area contributed by atoms with Crippen LogP contribution in [0.25, 0.3) is 0 Å². The van der Waals surface area contributed by atoms with E-state index in [1.807, 2.05) is 0 Å². The summed E-state index contributed by atoms with van der Waals surface area (Å²) in [5.74, 6) is 0.640. The molecule has 0 bridgehead atoms. The van der Waals surface area contributed by atoms with E-state index >= 15 is 0 Å². The molecular formula is C13H20F2N2O. The number of benzene rings is 1. The summed E-state index contributed by atoms with van der Waals surface area (Å²) in [5.41, 5.74) is 6.35. The molecule has 0 amide bonds. The van der Waals surface area contributed by atoms with Gasteiger partial charge in [-0.1, -0.05) is 32.0 Å². The lowest BCUT2D eigenvalue weighted by atomic mass is 10.0. The summed E-state index contributed by atoms with van der Waals surface area (Å²) in [5, 5.41) is 3.25. The number of rotatable bonds is 7. The van der Waals surface area contributed by atoms with Gasteiger partial charge in [0.2, 0.25) is 0 Å². The number of nitrogens with one attached hydrogen (secondary N) is 1. The molecule has 1 aromatic carbocycles. The predicted molar refractivity (Wildman–Crippen MR) is 67.7 cm³/mol. The van der Waals surface area contributed by atoms with Gasteiger partial charge in [-0.3, -0.25) is 0 Å². The van der Waals surface area contributed by atoms with E-state index in [1.165, 1.54) is 6.07 Å². The van der Waals surface area contributed by atoms with E-state index in [2.05, 4.69) is 23.9 Å². The van der Waals surface area contributed by atoms with Crippen LogP contribution in [0.2, 0.25) is 0 Å². The number of hydrogen-bond donors (Lipinski definition) is 2. The molecule has 0 fully saturated rings. The molecule has 0 saturated carbocycles. The van der Waals surface area contributed by atoms with E-state index in [9.17, 15) is 8.78 Å². The summed E-state index contributed by atoms with van der Waals surface area (Å²) < 4.78 is 29.1. The van der Waals surface area contributed by atoms with E-state index < -0.39 is 6.61 Å². The average molecular weight is 258 g/mol. The van der Waals surface area contributed by atoms with Crippen LogP contribution in [0.15, 0.2) is 24.3 Å². The van der Waals surface area contributed by atoms with Gasteiger partial charge >= 0.3 is 6.61 Å². The van der Waals surface area contributed by atoms with Crippen molar-refractivity contribution in [2.24, 2.45) is 11.7 Å². The number of para-hydroxylation sites is 1. The molecule has 0 heterocycles. The molecule has 3 N–H and O–H groups in total. The highest BCUT2D eigenvalue weighted by Gasteiger charge is 2.16. The first-order valence-electron chi connectivity index (χ1n) is 6.01. The van der Waals surface area contributed by atoms with Crippen molar-refractivity contribution in [3.8, 4) is 5.75 Å². The molecule has 0 spiro atoms. The maximum absolute atomic E-state index is 12.3. The summed E-state index contributed by atoms with van der Waals surface area (Å²) in [4.78, 5) is 0. The molecule has 18 heavy (non-hydrogen) atoms.